The largest absolute Gasteiger partial charge is 0.450 e. The SMILES string of the molecule is CC(=O)OC12C=CC(=O)C=C1CCCC2. The highest BCUT2D eigenvalue weighted by molar-refractivity contribution is 6.01. The van der Waals surface area contributed by atoms with Gasteiger partial charge in [-0.15, -0.1) is 0 Å². The Morgan fingerprint density at radius 3 is 3.00 bits per heavy atom. The lowest BCUT2D eigenvalue weighted by Crippen LogP contribution is -2.39. The zero-order valence-corrected chi connectivity index (χ0v) is 8.79. The first-order chi connectivity index (χ1) is 7.12. The summed E-state index contributed by atoms with van der Waals surface area (Å²) in [5, 5.41) is 0. The van der Waals surface area contributed by atoms with Crippen LogP contribution in [0.25, 0.3) is 0 Å². The summed E-state index contributed by atoms with van der Waals surface area (Å²) >= 11 is 0. The number of ether oxygens (including phenoxy) is 1. The Morgan fingerprint density at radius 2 is 2.27 bits per heavy atom. The third-order valence-corrected chi connectivity index (χ3v) is 2.95. The minimum Gasteiger partial charge on any atom is -0.450 e. The van der Waals surface area contributed by atoms with Crippen LogP contribution in [0, 0.1) is 0 Å². The first-order valence-electron chi connectivity index (χ1n) is 5.26. The van der Waals surface area contributed by atoms with E-state index in [1.165, 1.54) is 13.0 Å². The number of ketones is 1. The van der Waals surface area contributed by atoms with Gasteiger partial charge in [-0.2, -0.15) is 0 Å². The lowest BCUT2D eigenvalue weighted by atomic mass is 9.77. The molecule has 0 aromatic heterocycles. The average molecular weight is 206 g/mol. The van der Waals surface area contributed by atoms with Crippen LogP contribution >= 0.6 is 0 Å². The molecule has 0 heterocycles. The minimum absolute atomic E-state index is 0.00493. The van der Waals surface area contributed by atoms with Crippen molar-refractivity contribution in [2.75, 3.05) is 0 Å². The predicted molar refractivity (Wildman–Crippen MR) is 55.2 cm³/mol. The van der Waals surface area contributed by atoms with Gasteiger partial charge in [-0.1, -0.05) is 0 Å². The van der Waals surface area contributed by atoms with Crippen LogP contribution in [0.15, 0.2) is 23.8 Å². The number of allylic oxidation sites excluding steroid dienone is 2. The maximum atomic E-state index is 11.2. The molecule has 1 atom stereocenters. The molecule has 1 saturated carbocycles. The summed E-state index contributed by atoms with van der Waals surface area (Å²) in [6, 6.07) is 0. The van der Waals surface area contributed by atoms with Crippen LogP contribution in [0.5, 0.6) is 0 Å². The number of carbonyl (C=O) groups is 2. The van der Waals surface area contributed by atoms with E-state index in [1.807, 2.05) is 0 Å². The number of rotatable bonds is 1. The summed E-state index contributed by atoms with van der Waals surface area (Å²) in [5.41, 5.74) is 0.342. The number of hydrogen-bond donors (Lipinski definition) is 0. The van der Waals surface area contributed by atoms with Crippen LogP contribution in [-0.4, -0.2) is 17.4 Å². The third kappa shape index (κ3) is 1.87. The average Bonchev–Trinajstić information content (AvgIpc) is 2.17. The highest BCUT2D eigenvalue weighted by Crippen LogP contribution is 2.39. The molecule has 3 nitrogen and oxygen atoms in total. The lowest BCUT2D eigenvalue weighted by molar-refractivity contribution is -0.151. The van der Waals surface area contributed by atoms with Crippen LogP contribution in [-0.2, 0) is 14.3 Å². The number of fused-ring (bicyclic) bond motifs is 1. The minimum atomic E-state index is -0.613. The fraction of sp³-hybridized carbons (Fsp3) is 0.500. The topological polar surface area (TPSA) is 43.4 Å². The third-order valence-electron chi connectivity index (χ3n) is 2.95. The van der Waals surface area contributed by atoms with E-state index in [4.69, 9.17) is 4.74 Å². The molecule has 2 rings (SSSR count). The fourth-order valence-electron chi connectivity index (χ4n) is 2.30. The van der Waals surface area contributed by atoms with Gasteiger partial charge in [0.2, 0.25) is 0 Å². The quantitative estimate of drug-likeness (QED) is 0.616. The van der Waals surface area contributed by atoms with E-state index in [0.717, 1.165) is 31.3 Å². The highest BCUT2D eigenvalue weighted by atomic mass is 16.6. The molecule has 2 aliphatic rings. The molecule has 0 radical (unpaired) electrons. The molecule has 1 unspecified atom stereocenters. The molecule has 15 heavy (non-hydrogen) atoms. The maximum absolute atomic E-state index is 11.2. The molecule has 1 fully saturated rings. The molecule has 0 aromatic rings. The van der Waals surface area contributed by atoms with Gasteiger partial charge in [-0.05, 0) is 49.5 Å². The van der Waals surface area contributed by atoms with Crippen molar-refractivity contribution in [3.05, 3.63) is 23.8 Å². The van der Waals surface area contributed by atoms with Crippen molar-refractivity contribution < 1.29 is 14.3 Å². The van der Waals surface area contributed by atoms with Gasteiger partial charge in [0, 0.05) is 6.92 Å². The fourth-order valence-corrected chi connectivity index (χ4v) is 2.30. The van der Waals surface area contributed by atoms with Gasteiger partial charge in [-0.3, -0.25) is 9.59 Å². The van der Waals surface area contributed by atoms with Crippen molar-refractivity contribution >= 4 is 11.8 Å². The van der Waals surface area contributed by atoms with Gasteiger partial charge in [0.15, 0.2) is 11.4 Å². The van der Waals surface area contributed by atoms with E-state index in [-0.39, 0.29) is 11.8 Å². The van der Waals surface area contributed by atoms with Crippen LogP contribution in [0.1, 0.15) is 32.6 Å². The van der Waals surface area contributed by atoms with Crippen molar-refractivity contribution in [1.29, 1.82) is 0 Å². The Morgan fingerprint density at radius 1 is 1.47 bits per heavy atom. The Labute approximate surface area is 88.8 Å². The van der Waals surface area contributed by atoms with Gasteiger partial charge < -0.3 is 4.74 Å². The molecule has 0 aliphatic heterocycles. The Bertz CT molecular complexity index is 365. The Kier molecular flexibility index (Phi) is 2.47. The van der Waals surface area contributed by atoms with Crippen molar-refractivity contribution in [1.82, 2.24) is 0 Å². The van der Waals surface area contributed by atoms with Crippen molar-refractivity contribution in [2.45, 2.75) is 38.2 Å². The Hall–Kier alpha value is -1.38. The van der Waals surface area contributed by atoms with Gasteiger partial charge >= 0.3 is 5.97 Å². The molecule has 0 spiro atoms. The number of esters is 1. The van der Waals surface area contributed by atoms with Crippen LogP contribution in [0.3, 0.4) is 0 Å². The second-order valence-corrected chi connectivity index (χ2v) is 4.10. The monoisotopic (exact) mass is 206 g/mol. The molecule has 0 amide bonds. The maximum Gasteiger partial charge on any atom is 0.303 e. The Balaban J connectivity index is 2.32. The molecule has 0 aromatic carbocycles. The van der Waals surface area contributed by atoms with Crippen LogP contribution < -0.4 is 0 Å². The van der Waals surface area contributed by atoms with E-state index in [9.17, 15) is 9.59 Å². The van der Waals surface area contributed by atoms with Gasteiger partial charge in [-0.25, -0.2) is 0 Å². The standard InChI is InChI=1S/C12H14O3/c1-9(13)15-12-6-3-2-4-10(12)8-11(14)5-7-12/h5,7-8H,2-4,6H2,1H3. The smallest absolute Gasteiger partial charge is 0.303 e. The van der Waals surface area contributed by atoms with E-state index in [2.05, 4.69) is 0 Å². The predicted octanol–water partition coefficient (Wildman–Crippen LogP) is 1.93. The van der Waals surface area contributed by atoms with Gasteiger partial charge in [0.05, 0.1) is 0 Å². The first-order valence-corrected chi connectivity index (χ1v) is 5.26. The molecule has 2 aliphatic carbocycles. The summed E-state index contributed by atoms with van der Waals surface area (Å²) in [7, 11) is 0. The molecule has 80 valence electrons. The second kappa shape index (κ2) is 3.65. The zero-order chi connectivity index (χ0) is 10.9. The van der Waals surface area contributed by atoms with E-state index in [0.29, 0.717) is 0 Å². The van der Waals surface area contributed by atoms with E-state index < -0.39 is 5.60 Å². The number of hydrogen-bond acceptors (Lipinski definition) is 3. The zero-order valence-electron chi connectivity index (χ0n) is 8.79. The second-order valence-electron chi connectivity index (χ2n) is 4.10. The van der Waals surface area contributed by atoms with Gasteiger partial charge in [0.25, 0.3) is 0 Å². The highest BCUT2D eigenvalue weighted by Gasteiger charge is 2.39. The van der Waals surface area contributed by atoms with Crippen molar-refractivity contribution in [3.8, 4) is 0 Å². The lowest BCUT2D eigenvalue weighted by Gasteiger charge is -2.37. The first kappa shape index (κ1) is 10.1. The molecule has 0 saturated heterocycles. The summed E-state index contributed by atoms with van der Waals surface area (Å²) in [6.07, 6.45) is 8.59. The molecular weight excluding hydrogens is 192 g/mol. The normalized spacial score (nSPS) is 29.4. The van der Waals surface area contributed by atoms with Crippen molar-refractivity contribution in [2.24, 2.45) is 0 Å². The van der Waals surface area contributed by atoms with E-state index >= 15 is 0 Å². The molecule has 3 heteroatoms. The summed E-state index contributed by atoms with van der Waals surface area (Å²) in [6.45, 7) is 1.41. The molecular formula is C12H14O3. The van der Waals surface area contributed by atoms with Crippen LogP contribution in [0.2, 0.25) is 0 Å². The summed E-state index contributed by atoms with van der Waals surface area (Å²) in [4.78, 5) is 22.3. The molecule has 0 bridgehead atoms. The van der Waals surface area contributed by atoms with Crippen LogP contribution in [0.4, 0.5) is 0 Å². The molecule has 0 N–H and O–H groups in total. The summed E-state index contributed by atoms with van der Waals surface area (Å²) in [5.74, 6) is -0.295. The number of carbonyl (C=O) groups excluding carboxylic acids is 2. The van der Waals surface area contributed by atoms with E-state index in [1.54, 1.807) is 12.2 Å². The van der Waals surface area contributed by atoms with Gasteiger partial charge in [0.1, 0.15) is 0 Å². The summed E-state index contributed by atoms with van der Waals surface area (Å²) < 4.78 is 5.38. The van der Waals surface area contributed by atoms with Crippen molar-refractivity contribution in [3.63, 3.8) is 0 Å².